The number of likely N-dealkylation sites (N-methyl/N-ethyl adjacent to an activating group) is 1. The summed E-state index contributed by atoms with van der Waals surface area (Å²) >= 11 is 0. The molecule has 4 N–H and O–H groups in total. The summed E-state index contributed by atoms with van der Waals surface area (Å²) in [5, 5.41) is 10.9. The molecule has 0 saturated heterocycles. The summed E-state index contributed by atoms with van der Waals surface area (Å²) in [5.74, 6) is 2.05. The molecule has 3 aromatic rings. The maximum atomic E-state index is 10.9. The van der Waals surface area contributed by atoms with Crippen molar-refractivity contribution in [3.63, 3.8) is 0 Å². The highest BCUT2D eigenvalue weighted by atomic mass is 16.7. The van der Waals surface area contributed by atoms with Crippen molar-refractivity contribution in [2.45, 2.75) is 33.0 Å². The minimum atomic E-state index is -0.704. The average molecular weight is 399 g/mol. The average Bonchev–Trinajstić information content (AvgIpc) is 3.32. The van der Waals surface area contributed by atoms with Gasteiger partial charge < -0.3 is 19.5 Å². The first-order valence-electron chi connectivity index (χ1n) is 10.3. The molecule has 0 spiro atoms. The normalized spacial score (nSPS) is 14.1. The number of quaternary nitrogens is 1. The van der Waals surface area contributed by atoms with Crippen molar-refractivity contribution in [2.24, 2.45) is 0 Å². The molecule has 4 rings (SSSR count). The zero-order valence-corrected chi connectivity index (χ0v) is 17.1. The van der Waals surface area contributed by atoms with Gasteiger partial charge in [-0.05, 0) is 43.7 Å². The van der Waals surface area contributed by atoms with Crippen molar-refractivity contribution < 1.29 is 24.0 Å². The Hall–Kier alpha value is -2.77. The Morgan fingerprint density at radius 2 is 1.90 bits per heavy atom. The van der Waals surface area contributed by atoms with Gasteiger partial charge in [-0.15, -0.1) is 0 Å². The molecule has 2 aromatic carbocycles. The van der Waals surface area contributed by atoms with E-state index in [1.165, 1.54) is 4.90 Å². The predicted octanol–water partition coefficient (Wildman–Crippen LogP) is 0.898. The van der Waals surface area contributed by atoms with Crippen LogP contribution < -0.4 is 24.7 Å². The summed E-state index contributed by atoms with van der Waals surface area (Å²) in [5.41, 5.74) is 9.46. The molecule has 0 fully saturated rings. The van der Waals surface area contributed by atoms with Crippen LogP contribution in [0.5, 0.6) is 11.5 Å². The van der Waals surface area contributed by atoms with Gasteiger partial charge in [0.05, 0.1) is 13.1 Å². The number of fused-ring (bicyclic) bond motifs is 2. The van der Waals surface area contributed by atoms with Gasteiger partial charge in [0.2, 0.25) is 6.79 Å². The van der Waals surface area contributed by atoms with Gasteiger partial charge in [0.25, 0.3) is 0 Å². The van der Waals surface area contributed by atoms with Crippen LogP contribution in [-0.2, 0) is 13.1 Å². The van der Waals surface area contributed by atoms with Gasteiger partial charge in [0.1, 0.15) is 36.8 Å². The van der Waals surface area contributed by atoms with Crippen LogP contribution in [0.3, 0.4) is 0 Å². The Balaban J connectivity index is 1.62. The van der Waals surface area contributed by atoms with Gasteiger partial charge in [0.15, 0.2) is 11.5 Å². The maximum absolute atomic E-state index is 10.9. The number of nitrogens with one attached hydrogen (secondary N) is 1. The molecule has 7 nitrogen and oxygen atoms in total. The number of hydrogen-bond acceptors (Lipinski definition) is 4. The van der Waals surface area contributed by atoms with Crippen molar-refractivity contribution in [1.29, 1.82) is 0 Å². The number of para-hydroxylation sites is 2. The summed E-state index contributed by atoms with van der Waals surface area (Å²) in [6, 6.07) is 13.7. The summed E-state index contributed by atoms with van der Waals surface area (Å²) < 4.78 is 15.0. The summed E-state index contributed by atoms with van der Waals surface area (Å²) in [7, 11) is 0. The second-order valence-corrected chi connectivity index (χ2v) is 7.44. The second kappa shape index (κ2) is 8.31. The second-order valence-electron chi connectivity index (χ2n) is 7.44. The summed E-state index contributed by atoms with van der Waals surface area (Å²) in [6.07, 6.45) is -0.704. The zero-order chi connectivity index (χ0) is 20.4. The highest BCUT2D eigenvalue weighted by molar-refractivity contribution is 5.73. The quantitative estimate of drug-likeness (QED) is 0.493. The van der Waals surface area contributed by atoms with Crippen molar-refractivity contribution in [3.05, 3.63) is 48.0 Å². The van der Waals surface area contributed by atoms with Gasteiger partial charge >= 0.3 is 5.95 Å². The minimum absolute atomic E-state index is 0.221. The molecule has 154 valence electrons. The van der Waals surface area contributed by atoms with E-state index >= 15 is 0 Å². The number of nitrogens with two attached hydrogens (primary N) is 1. The first-order valence-corrected chi connectivity index (χ1v) is 10.3. The van der Waals surface area contributed by atoms with E-state index < -0.39 is 6.10 Å². The summed E-state index contributed by atoms with van der Waals surface area (Å²) in [6.45, 7) is 9.05. The number of hydrogen-bond donors (Lipinski definition) is 3. The molecule has 1 atom stereocenters. The monoisotopic (exact) mass is 398 g/mol. The van der Waals surface area contributed by atoms with E-state index in [4.69, 9.17) is 15.2 Å². The van der Waals surface area contributed by atoms with Crippen LogP contribution in [0, 0.1) is 0 Å². The number of nitrogens with zero attached hydrogens (tertiary/aromatic N) is 2. The first kappa shape index (κ1) is 19.5. The van der Waals surface area contributed by atoms with E-state index in [9.17, 15) is 5.11 Å². The summed E-state index contributed by atoms with van der Waals surface area (Å²) in [4.78, 5) is 1.54. The molecule has 0 amide bonds. The predicted molar refractivity (Wildman–Crippen MR) is 111 cm³/mol. The van der Waals surface area contributed by atoms with Crippen molar-refractivity contribution in [1.82, 2.24) is 4.57 Å². The van der Waals surface area contributed by atoms with E-state index in [1.54, 1.807) is 0 Å². The van der Waals surface area contributed by atoms with Crippen LogP contribution >= 0.6 is 0 Å². The van der Waals surface area contributed by atoms with Gasteiger partial charge in [0, 0.05) is 0 Å². The number of aliphatic hydroxyl groups excluding tert-OH is 1. The van der Waals surface area contributed by atoms with Crippen LogP contribution in [-0.4, -0.2) is 36.1 Å². The van der Waals surface area contributed by atoms with Crippen LogP contribution in [0.1, 0.15) is 25.5 Å². The molecule has 1 aliphatic rings. The van der Waals surface area contributed by atoms with Crippen LogP contribution in [0.25, 0.3) is 11.0 Å². The highest BCUT2D eigenvalue weighted by Gasteiger charge is 2.25. The number of imidazole rings is 1. The molecule has 1 aliphatic heterocycles. The molecule has 1 aromatic heterocycles. The number of aromatic nitrogens is 2. The Morgan fingerprint density at radius 1 is 1.14 bits per heavy atom. The van der Waals surface area contributed by atoms with Gasteiger partial charge in [-0.3, -0.25) is 5.73 Å². The largest absolute Gasteiger partial charge is 0.454 e. The zero-order valence-electron chi connectivity index (χ0n) is 17.1. The van der Waals surface area contributed by atoms with E-state index in [2.05, 4.69) is 30.5 Å². The molecule has 0 unspecified atom stereocenters. The van der Waals surface area contributed by atoms with Crippen LogP contribution in [0.2, 0.25) is 0 Å². The smallest absolute Gasteiger partial charge is 0.356 e. The molecular weight excluding hydrogens is 368 g/mol. The van der Waals surface area contributed by atoms with Gasteiger partial charge in [-0.25, -0.2) is 9.13 Å². The number of rotatable bonds is 8. The van der Waals surface area contributed by atoms with Gasteiger partial charge in [-0.1, -0.05) is 18.2 Å². The number of ether oxygens (including phenoxy) is 2. The fourth-order valence-electron chi connectivity index (χ4n) is 4.01. The standard InChI is InChI=1S/C22H28N4O3/c1-3-24(4-2)11-12-25-17-7-5-6-8-18(17)26(22(25)23)14-19(27)16-9-10-20-21(13-16)29-15-28-20/h5-10,13,19,23,27H,3-4,11-12,14-15H2,1-2H3/p+2/t19-/m1/s1. The number of nitrogen functional groups attached to an aromatic ring is 1. The van der Waals surface area contributed by atoms with Crippen molar-refractivity contribution in [3.8, 4) is 11.5 Å². The number of benzene rings is 2. The van der Waals surface area contributed by atoms with E-state index in [-0.39, 0.29) is 6.79 Å². The molecule has 0 radical (unpaired) electrons. The SMILES string of the molecule is CC[NH+](CC)CCn1c(N)[n+](C[C@@H](O)c2ccc3c(c2)OCO3)c2ccccc21. The van der Waals surface area contributed by atoms with Gasteiger partial charge in [-0.2, -0.15) is 0 Å². The highest BCUT2D eigenvalue weighted by Crippen LogP contribution is 2.34. The molecule has 0 bridgehead atoms. The molecular formula is C22H30N4O3+2. The maximum Gasteiger partial charge on any atom is 0.356 e. The third-order valence-corrected chi connectivity index (χ3v) is 5.84. The van der Waals surface area contributed by atoms with Crippen LogP contribution in [0.15, 0.2) is 42.5 Å². The minimum Gasteiger partial charge on any atom is -0.454 e. The number of aliphatic hydroxyl groups is 1. The van der Waals surface area contributed by atoms with Crippen molar-refractivity contribution >= 4 is 17.0 Å². The third-order valence-electron chi connectivity index (χ3n) is 5.84. The molecule has 0 aliphatic carbocycles. The van der Waals surface area contributed by atoms with E-state index in [0.29, 0.717) is 24.0 Å². The Bertz CT molecular complexity index is 997. The lowest BCUT2D eigenvalue weighted by molar-refractivity contribution is -0.897. The molecule has 0 saturated carbocycles. The van der Waals surface area contributed by atoms with Crippen molar-refractivity contribution in [2.75, 3.05) is 32.2 Å². The molecule has 29 heavy (non-hydrogen) atoms. The molecule has 2 heterocycles. The third kappa shape index (κ3) is 3.75. The molecule has 7 heteroatoms. The lowest BCUT2D eigenvalue weighted by Crippen LogP contribution is -3.11. The Kier molecular flexibility index (Phi) is 5.60. The lowest BCUT2D eigenvalue weighted by Gasteiger charge is -2.14. The Labute approximate surface area is 170 Å². The Morgan fingerprint density at radius 3 is 2.69 bits per heavy atom. The van der Waals surface area contributed by atoms with E-state index in [0.717, 1.165) is 42.8 Å². The topological polar surface area (TPSA) is 78.0 Å². The number of anilines is 1. The lowest BCUT2D eigenvalue weighted by atomic mass is 10.1. The fourth-order valence-corrected chi connectivity index (χ4v) is 4.01. The first-order chi connectivity index (χ1) is 14.1. The van der Waals surface area contributed by atoms with Crippen LogP contribution in [0.4, 0.5) is 5.95 Å². The van der Waals surface area contributed by atoms with E-state index in [1.807, 2.05) is 34.9 Å². The fraction of sp³-hybridized carbons (Fsp3) is 0.409.